The molecule has 2 aliphatic rings. The van der Waals surface area contributed by atoms with E-state index >= 15 is 0 Å². The zero-order valence-corrected chi connectivity index (χ0v) is 21.7. The number of piperidine rings is 2. The van der Waals surface area contributed by atoms with Gasteiger partial charge in [0.2, 0.25) is 5.91 Å². The molecule has 2 N–H and O–H groups in total. The summed E-state index contributed by atoms with van der Waals surface area (Å²) in [4.78, 5) is 31.4. The monoisotopic (exact) mass is 488 g/mol. The van der Waals surface area contributed by atoms with Gasteiger partial charge in [0.1, 0.15) is 5.75 Å². The molecule has 0 spiro atoms. The number of ether oxygens (including phenoxy) is 1. The van der Waals surface area contributed by atoms with E-state index < -0.39 is 0 Å². The number of aliphatic hydroxyl groups is 1. The standard InChI is InChI=1S/C27H44N4O4/c1-4-29(21(2)20-22-7-9-25(35-3)10-8-22)15-5-6-26(33)30-16-11-23(12-17-30)28-27(34)31-18-13-24(32)14-19-31/h7-10,21,23-24,32H,4-6,11-20H2,1-3H3,(H,28,34). The Hall–Kier alpha value is -2.32. The van der Waals surface area contributed by atoms with E-state index in [2.05, 4.69) is 36.2 Å². The Morgan fingerprint density at radius 1 is 1.09 bits per heavy atom. The summed E-state index contributed by atoms with van der Waals surface area (Å²) in [5.74, 6) is 1.10. The van der Waals surface area contributed by atoms with Crippen LogP contribution in [-0.4, -0.2) is 96.3 Å². The number of likely N-dealkylation sites (tertiary alicyclic amines) is 2. The van der Waals surface area contributed by atoms with Crippen LogP contribution in [0.3, 0.4) is 0 Å². The van der Waals surface area contributed by atoms with Crippen molar-refractivity contribution in [2.24, 2.45) is 0 Å². The summed E-state index contributed by atoms with van der Waals surface area (Å²) in [6.07, 6.45) is 5.02. The lowest BCUT2D eigenvalue weighted by Gasteiger charge is -2.35. The molecule has 3 amide bonds. The molecule has 196 valence electrons. The van der Waals surface area contributed by atoms with E-state index in [-0.39, 0.29) is 24.1 Å². The van der Waals surface area contributed by atoms with Gasteiger partial charge in [-0.25, -0.2) is 4.79 Å². The van der Waals surface area contributed by atoms with Crippen molar-refractivity contribution in [3.05, 3.63) is 29.8 Å². The van der Waals surface area contributed by atoms with Crippen LogP contribution in [0.4, 0.5) is 4.79 Å². The number of benzene rings is 1. The first kappa shape index (κ1) is 27.3. The van der Waals surface area contributed by atoms with Crippen LogP contribution in [0.1, 0.15) is 57.9 Å². The molecule has 35 heavy (non-hydrogen) atoms. The molecule has 1 unspecified atom stereocenters. The minimum absolute atomic E-state index is 0.0370. The molecule has 1 atom stereocenters. The maximum atomic E-state index is 12.8. The van der Waals surface area contributed by atoms with Crippen LogP contribution in [0.5, 0.6) is 5.75 Å². The van der Waals surface area contributed by atoms with Crippen molar-refractivity contribution in [2.75, 3.05) is 46.4 Å². The molecule has 0 saturated carbocycles. The van der Waals surface area contributed by atoms with Crippen LogP contribution in [0.25, 0.3) is 0 Å². The minimum Gasteiger partial charge on any atom is -0.497 e. The first-order chi connectivity index (χ1) is 16.9. The maximum absolute atomic E-state index is 12.8. The van der Waals surface area contributed by atoms with Gasteiger partial charge in [-0.2, -0.15) is 0 Å². The van der Waals surface area contributed by atoms with E-state index in [0.717, 1.165) is 44.5 Å². The second kappa shape index (κ2) is 13.7. The van der Waals surface area contributed by atoms with Gasteiger partial charge in [-0.1, -0.05) is 19.1 Å². The van der Waals surface area contributed by atoms with E-state index in [0.29, 0.717) is 51.5 Å². The summed E-state index contributed by atoms with van der Waals surface area (Å²) in [6.45, 7) is 8.93. The normalized spacial score (nSPS) is 18.5. The molecule has 2 saturated heterocycles. The van der Waals surface area contributed by atoms with Gasteiger partial charge in [0.05, 0.1) is 13.2 Å². The number of rotatable bonds is 10. The number of carbonyl (C=O) groups excluding carboxylic acids is 2. The quantitative estimate of drug-likeness (QED) is 0.529. The average molecular weight is 489 g/mol. The summed E-state index contributed by atoms with van der Waals surface area (Å²) in [6, 6.07) is 8.74. The number of urea groups is 1. The fraction of sp³-hybridized carbons (Fsp3) is 0.704. The topological polar surface area (TPSA) is 85.4 Å². The number of nitrogens with zero attached hydrogens (tertiary/aromatic N) is 3. The molecule has 2 heterocycles. The number of nitrogens with one attached hydrogen (secondary N) is 1. The number of carbonyl (C=O) groups is 2. The Bertz CT molecular complexity index is 787. The highest BCUT2D eigenvalue weighted by Gasteiger charge is 2.27. The summed E-state index contributed by atoms with van der Waals surface area (Å²) >= 11 is 0. The van der Waals surface area contributed by atoms with Gasteiger partial charge in [-0.15, -0.1) is 0 Å². The number of methoxy groups -OCH3 is 1. The van der Waals surface area contributed by atoms with Crippen molar-refractivity contribution >= 4 is 11.9 Å². The SMILES string of the molecule is CCN(CCCC(=O)N1CCC(NC(=O)N2CCC(O)CC2)CC1)C(C)Cc1ccc(OC)cc1. The fourth-order valence-electron chi connectivity index (χ4n) is 5.12. The lowest BCUT2D eigenvalue weighted by molar-refractivity contribution is -0.132. The highest BCUT2D eigenvalue weighted by atomic mass is 16.5. The Morgan fingerprint density at radius 3 is 2.31 bits per heavy atom. The molecule has 1 aromatic carbocycles. The van der Waals surface area contributed by atoms with Gasteiger partial charge in [0.25, 0.3) is 0 Å². The van der Waals surface area contributed by atoms with Crippen molar-refractivity contribution in [1.82, 2.24) is 20.0 Å². The molecular weight excluding hydrogens is 444 g/mol. The van der Waals surface area contributed by atoms with Crippen molar-refractivity contribution in [1.29, 1.82) is 0 Å². The largest absolute Gasteiger partial charge is 0.497 e. The molecule has 8 heteroatoms. The molecule has 0 radical (unpaired) electrons. The summed E-state index contributed by atoms with van der Waals surface area (Å²) < 4.78 is 5.25. The van der Waals surface area contributed by atoms with Crippen molar-refractivity contribution in [2.45, 2.75) is 77.0 Å². The van der Waals surface area contributed by atoms with Crippen LogP contribution in [0.2, 0.25) is 0 Å². The zero-order valence-electron chi connectivity index (χ0n) is 21.7. The van der Waals surface area contributed by atoms with Crippen molar-refractivity contribution < 1.29 is 19.4 Å². The third-order valence-corrected chi connectivity index (χ3v) is 7.48. The molecule has 3 rings (SSSR count). The van der Waals surface area contributed by atoms with E-state index in [4.69, 9.17) is 4.74 Å². The number of hydrogen-bond donors (Lipinski definition) is 2. The summed E-state index contributed by atoms with van der Waals surface area (Å²) in [7, 11) is 1.68. The molecule has 0 bridgehead atoms. The van der Waals surface area contributed by atoms with Gasteiger partial charge < -0.3 is 29.9 Å². The second-order valence-electron chi connectivity index (χ2n) is 9.96. The maximum Gasteiger partial charge on any atom is 0.317 e. The highest BCUT2D eigenvalue weighted by Crippen LogP contribution is 2.17. The van der Waals surface area contributed by atoms with E-state index in [1.54, 1.807) is 12.0 Å². The molecule has 2 aliphatic heterocycles. The molecule has 0 aromatic heterocycles. The lowest BCUT2D eigenvalue weighted by atomic mass is 10.0. The van der Waals surface area contributed by atoms with E-state index in [9.17, 15) is 14.7 Å². The van der Waals surface area contributed by atoms with Crippen LogP contribution < -0.4 is 10.1 Å². The smallest absolute Gasteiger partial charge is 0.317 e. The molecule has 0 aliphatic carbocycles. The Morgan fingerprint density at radius 2 is 1.71 bits per heavy atom. The average Bonchev–Trinajstić information content (AvgIpc) is 2.87. The van der Waals surface area contributed by atoms with Crippen LogP contribution in [0.15, 0.2) is 24.3 Å². The predicted octanol–water partition coefficient (Wildman–Crippen LogP) is 2.89. The van der Waals surface area contributed by atoms with Crippen LogP contribution >= 0.6 is 0 Å². The van der Waals surface area contributed by atoms with Crippen LogP contribution in [0, 0.1) is 0 Å². The zero-order chi connectivity index (χ0) is 25.2. The molecule has 2 fully saturated rings. The van der Waals surface area contributed by atoms with Crippen LogP contribution in [-0.2, 0) is 11.2 Å². The first-order valence-electron chi connectivity index (χ1n) is 13.3. The molecule has 1 aromatic rings. The van der Waals surface area contributed by atoms with Crippen molar-refractivity contribution in [3.8, 4) is 5.75 Å². The Kier molecular flexibility index (Phi) is 10.7. The molecule has 8 nitrogen and oxygen atoms in total. The summed E-state index contributed by atoms with van der Waals surface area (Å²) in [5.41, 5.74) is 1.29. The first-order valence-corrected chi connectivity index (χ1v) is 13.3. The second-order valence-corrected chi connectivity index (χ2v) is 9.96. The summed E-state index contributed by atoms with van der Waals surface area (Å²) in [5, 5.41) is 12.7. The number of hydrogen-bond acceptors (Lipinski definition) is 5. The van der Waals surface area contributed by atoms with Gasteiger partial charge in [0, 0.05) is 44.7 Å². The minimum atomic E-state index is -0.283. The van der Waals surface area contributed by atoms with Gasteiger partial charge in [-0.3, -0.25) is 4.79 Å². The predicted molar refractivity (Wildman–Crippen MR) is 138 cm³/mol. The molecular formula is C27H44N4O4. The van der Waals surface area contributed by atoms with Gasteiger partial charge in [0.15, 0.2) is 0 Å². The van der Waals surface area contributed by atoms with E-state index in [1.807, 2.05) is 17.0 Å². The third kappa shape index (κ3) is 8.39. The Labute approximate surface area is 210 Å². The van der Waals surface area contributed by atoms with E-state index in [1.165, 1.54) is 5.56 Å². The van der Waals surface area contributed by atoms with Gasteiger partial charge in [-0.05, 0) is 76.2 Å². The highest BCUT2D eigenvalue weighted by molar-refractivity contribution is 5.76. The fourth-order valence-corrected chi connectivity index (χ4v) is 5.12. The lowest BCUT2D eigenvalue weighted by Crippen LogP contribution is -2.52. The number of amides is 3. The Balaban J connectivity index is 1.33. The van der Waals surface area contributed by atoms with Crippen molar-refractivity contribution in [3.63, 3.8) is 0 Å². The number of aliphatic hydroxyl groups excluding tert-OH is 1. The third-order valence-electron chi connectivity index (χ3n) is 7.48. The number of likely N-dealkylation sites (N-methyl/N-ethyl adjacent to an activating group) is 1. The van der Waals surface area contributed by atoms with Gasteiger partial charge >= 0.3 is 6.03 Å².